The third-order valence-electron chi connectivity index (χ3n) is 3.71. The van der Waals surface area contributed by atoms with Crippen molar-refractivity contribution >= 4 is 0 Å². The van der Waals surface area contributed by atoms with Gasteiger partial charge in [-0.3, -0.25) is 0 Å². The van der Waals surface area contributed by atoms with Gasteiger partial charge in [0.1, 0.15) is 5.76 Å². The van der Waals surface area contributed by atoms with Gasteiger partial charge in [-0.1, -0.05) is 38.1 Å². The van der Waals surface area contributed by atoms with Crippen LogP contribution in [0.2, 0.25) is 0 Å². The van der Waals surface area contributed by atoms with Gasteiger partial charge in [-0.25, -0.2) is 0 Å². The van der Waals surface area contributed by atoms with E-state index in [1.807, 2.05) is 14.0 Å². The smallest absolute Gasteiger partial charge is 0.105 e. The third kappa shape index (κ3) is 3.27. The molecule has 0 aliphatic carbocycles. The summed E-state index contributed by atoms with van der Waals surface area (Å²) in [7, 11) is 2.00. The summed E-state index contributed by atoms with van der Waals surface area (Å²) in [6.45, 7) is 6.46. The molecule has 0 amide bonds. The van der Waals surface area contributed by atoms with E-state index in [1.165, 1.54) is 16.7 Å². The lowest BCUT2D eigenvalue weighted by Crippen LogP contribution is -2.19. The Morgan fingerprint density at radius 2 is 1.79 bits per heavy atom. The summed E-state index contributed by atoms with van der Waals surface area (Å²) in [4.78, 5) is 0. The molecule has 0 aliphatic rings. The fraction of sp³-hybridized carbons (Fsp3) is 0.412. The number of rotatable bonds is 5. The van der Waals surface area contributed by atoms with Gasteiger partial charge >= 0.3 is 0 Å². The molecule has 0 radical (unpaired) electrons. The molecule has 2 heteroatoms. The molecule has 19 heavy (non-hydrogen) atoms. The van der Waals surface area contributed by atoms with Crippen molar-refractivity contribution in [3.05, 3.63) is 59.0 Å². The van der Waals surface area contributed by atoms with Crippen molar-refractivity contribution < 1.29 is 4.42 Å². The van der Waals surface area contributed by atoms with Crippen molar-refractivity contribution in [1.82, 2.24) is 5.32 Å². The van der Waals surface area contributed by atoms with E-state index in [0.29, 0.717) is 12.0 Å². The quantitative estimate of drug-likeness (QED) is 0.867. The molecule has 0 spiro atoms. The van der Waals surface area contributed by atoms with Crippen molar-refractivity contribution in [2.75, 3.05) is 7.05 Å². The van der Waals surface area contributed by atoms with Crippen molar-refractivity contribution in [1.29, 1.82) is 0 Å². The molecule has 0 fully saturated rings. The maximum Gasteiger partial charge on any atom is 0.105 e. The Bertz CT molecular complexity index is 510. The summed E-state index contributed by atoms with van der Waals surface area (Å²) >= 11 is 0. The van der Waals surface area contributed by atoms with E-state index in [-0.39, 0.29) is 0 Å². The van der Waals surface area contributed by atoms with E-state index in [9.17, 15) is 0 Å². The second kappa shape index (κ2) is 6.07. The van der Waals surface area contributed by atoms with E-state index in [0.717, 1.165) is 12.2 Å². The number of aryl methyl sites for hydroxylation is 1. The molecule has 1 unspecified atom stereocenters. The van der Waals surface area contributed by atoms with Crippen molar-refractivity contribution in [2.24, 2.45) is 0 Å². The first-order chi connectivity index (χ1) is 9.11. The Hall–Kier alpha value is -1.54. The Labute approximate surface area is 115 Å². The fourth-order valence-corrected chi connectivity index (χ4v) is 2.40. The summed E-state index contributed by atoms with van der Waals surface area (Å²) in [5, 5.41) is 3.37. The first-order valence-electron chi connectivity index (χ1n) is 6.92. The lowest BCUT2D eigenvalue weighted by Gasteiger charge is -2.16. The highest BCUT2D eigenvalue weighted by Gasteiger charge is 2.14. The molecule has 1 atom stereocenters. The first kappa shape index (κ1) is 13.9. The maximum absolute atomic E-state index is 5.40. The number of likely N-dealkylation sites (N-methyl/N-ethyl adjacent to an activating group) is 1. The Kier molecular flexibility index (Phi) is 4.43. The number of nitrogens with one attached hydrogen (secondary N) is 1. The molecule has 1 aromatic heterocycles. The van der Waals surface area contributed by atoms with Crippen LogP contribution in [-0.2, 0) is 6.42 Å². The molecule has 0 saturated heterocycles. The predicted molar refractivity (Wildman–Crippen MR) is 79.5 cm³/mol. The van der Waals surface area contributed by atoms with E-state index in [1.54, 1.807) is 6.26 Å². The molecule has 1 N–H and O–H groups in total. The minimum Gasteiger partial charge on any atom is -0.469 e. The molecule has 1 aromatic carbocycles. The minimum atomic E-state index is 0.309. The van der Waals surface area contributed by atoms with E-state index >= 15 is 0 Å². The second-order valence-corrected chi connectivity index (χ2v) is 5.37. The van der Waals surface area contributed by atoms with Gasteiger partial charge in [-0.15, -0.1) is 0 Å². The van der Waals surface area contributed by atoms with Crippen molar-refractivity contribution in [3.63, 3.8) is 0 Å². The maximum atomic E-state index is 5.40. The zero-order valence-electron chi connectivity index (χ0n) is 12.2. The normalized spacial score (nSPS) is 12.9. The molecule has 0 saturated carbocycles. The summed E-state index contributed by atoms with van der Waals surface area (Å²) in [5.74, 6) is 1.59. The average Bonchev–Trinajstić information content (AvgIpc) is 2.83. The summed E-state index contributed by atoms with van der Waals surface area (Å²) in [6.07, 6.45) is 2.74. The first-order valence-corrected chi connectivity index (χ1v) is 6.92. The Morgan fingerprint density at radius 1 is 1.11 bits per heavy atom. The molecule has 2 aromatic rings. The van der Waals surface area contributed by atoms with Crippen molar-refractivity contribution in [2.45, 2.75) is 39.2 Å². The number of benzene rings is 1. The van der Waals surface area contributed by atoms with Gasteiger partial charge in [-0.2, -0.15) is 0 Å². The van der Waals surface area contributed by atoms with Gasteiger partial charge < -0.3 is 9.73 Å². The van der Waals surface area contributed by atoms with E-state index in [2.05, 4.69) is 49.5 Å². The molecule has 2 rings (SSSR count). The van der Waals surface area contributed by atoms with Crippen LogP contribution in [0.1, 0.15) is 48.3 Å². The number of hydrogen-bond acceptors (Lipinski definition) is 2. The topological polar surface area (TPSA) is 25.2 Å². The van der Waals surface area contributed by atoms with Gasteiger partial charge in [-0.05, 0) is 43.5 Å². The molecular formula is C17H23NO. The molecule has 0 aliphatic heterocycles. The SMILES string of the molecule is CNC(Cc1ccc(C(C)C)cc1)c1ccoc1C. The highest BCUT2D eigenvalue weighted by Crippen LogP contribution is 2.23. The molecule has 102 valence electrons. The van der Waals surface area contributed by atoms with Crippen LogP contribution in [0, 0.1) is 6.92 Å². The van der Waals surface area contributed by atoms with Crippen LogP contribution in [0.4, 0.5) is 0 Å². The summed E-state index contributed by atoms with van der Waals surface area (Å²) in [5.41, 5.74) is 3.99. The van der Waals surface area contributed by atoms with Crippen LogP contribution in [-0.4, -0.2) is 7.05 Å². The highest BCUT2D eigenvalue weighted by molar-refractivity contribution is 5.28. The highest BCUT2D eigenvalue weighted by atomic mass is 16.3. The molecule has 1 heterocycles. The van der Waals surface area contributed by atoms with Crippen LogP contribution in [0.5, 0.6) is 0 Å². The van der Waals surface area contributed by atoms with Gasteiger partial charge in [0, 0.05) is 11.6 Å². The lowest BCUT2D eigenvalue weighted by molar-refractivity contribution is 0.512. The van der Waals surface area contributed by atoms with Gasteiger partial charge in [0.2, 0.25) is 0 Å². The Balaban J connectivity index is 2.13. The summed E-state index contributed by atoms with van der Waals surface area (Å²) < 4.78 is 5.40. The van der Waals surface area contributed by atoms with E-state index in [4.69, 9.17) is 4.42 Å². The van der Waals surface area contributed by atoms with Crippen LogP contribution in [0.3, 0.4) is 0 Å². The molecule has 0 bridgehead atoms. The monoisotopic (exact) mass is 257 g/mol. The third-order valence-corrected chi connectivity index (χ3v) is 3.71. The van der Waals surface area contributed by atoms with Crippen LogP contribution < -0.4 is 5.32 Å². The number of hydrogen-bond donors (Lipinski definition) is 1. The van der Waals surface area contributed by atoms with Crippen LogP contribution >= 0.6 is 0 Å². The Morgan fingerprint density at radius 3 is 2.26 bits per heavy atom. The zero-order valence-corrected chi connectivity index (χ0v) is 12.2. The largest absolute Gasteiger partial charge is 0.469 e. The van der Waals surface area contributed by atoms with Gasteiger partial charge in [0.15, 0.2) is 0 Å². The number of furan rings is 1. The minimum absolute atomic E-state index is 0.309. The molecule has 2 nitrogen and oxygen atoms in total. The zero-order chi connectivity index (χ0) is 13.8. The molecular weight excluding hydrogens is 234 g/mol. The van der Waals surface area contributed by atoms with Crippen LogP contribution in [0.25, 0.3) is 0 Å². The predicted octanol–water partition coefficient (Wildman–Crippen LogP) is 4.21. The summed E-state index contributed by atoms with van der Waals surface area (Å²) in [6, 6.07) is 11.3. The van der Waals surface area contributed by atoms with Gasteiger partial charge in [0.25, 0.3) is 0 Å². The lowest BCUT2D eigenvalue weighted by atomic mass is 9.96. The standard InChI is InChI=1S/C17H23NO/c1-12(2)15-7-5-14(6-8-15)11-17(18-4)16-9-10-19-13(16)3/h5-10,12,17-18H,11H2,1-4H3. The van der Waals surface area contributed by atoms with Crippen LogP contribution in [0.15, 0.2) is 41.0 Å². The van der Waals surface area contributed by atoms with Crippen molar-refractivity contribution in [3.8, 4) is 0 Å². The second-order valence-electron chi connectivity index (χ2n) is 5.37. The van der Waals surface area contributed by atoms with E-state index < -0.39 is 0 Å². The average molecular weight is 257 g/mol. The van der Waals surface area contributed by atoms with Gasteiger partial charge in [0.05, 0.1) is 6.26 Å². The fourth-order valence-electron chi connectivity index (χ4n) is 2.40.